The Morgan fingerprint density at radius 3 is 2.28 bits per heavy atom. The van der Waals surface area contributed by atoms with Crippen LogP contribution < -0.4 is 10.2 Å². The fourth-order valence-electron chi connectivity index (χ4n) is 5.36. The number of carbonyl (C=O) groups excluding carboxylic acids is 3. The third-order valence-corrected chi connectivity index (χ3v) is 8.48. The number of urea groups is 1. The summed E-state index contributed by atoms with van der Waals surface area (Å²) in [6, 6.07) is 9.45. The van der Waals surface area contributed by atoms with Crippen LogP contribution in [0.3, 0.4) is 0 Å². The first-order chi connectivity index (χ1) is 21.7. The predicted octanol–water partition coefficient (Wildman–Crippen LogP) is 7.18. The molecule has 0 bridgehead atoms. The number of imide groups is 1. The zero-order valence-corrected chi connectivity index (χ0v) is 25.6. The van der Waals surface area contributed by atoms with Gasteiger partial charge in [-0.2, -0.15) is 31.6 Å². The molecule has 4 rings (SSSR count). The zero-order valence-electron chi connectivity index (χ0n) is 24.8. The second-order valence-electron chi connectivity index (χ2n) is 10.9. The first-order valence-corrected chi connectivity index (χ1v) is 15.3. The Labute approximate surface area is 266 Å². The predicted molar refractivity (Wildman–Crippen MR) is 160 cm³/mol. The summed E-state index contributed by atoms with van der Waals surface area (Å²) < 4.78 is 78.2. The lowest BCUT2D eigenvalue weighted by molar-refractivity contribution is -0.138. The van der Waals surface area contributed by atoms with Gasteiger partial charge >= 0.3 is 17.7 Å². The summed E-state index contributed by atoms with van der Waals surface area (Å²) in [4.78, 5) is 43.0. The number of rotatable bonds is 10. The number of carbonyl (C=O) groups is 3. The van der Waals surface area contributed by atoms with Crippen LogP contribution in [0, 0.1) is 11.3 Å². The number of alkyl halides is 6. The monoisotopic (exact) mass is 667 g/mol. The number of amides is 4. The quantitative estimate of drug-likeness (QED) is 0.125. The van der Waals surface area contributed by atoms with Gasteiger partial charge in [0.2, 0.25) is 0 Å². The van der Waals surface area contributed by atoms with Gasteiger partial charge in [0, 0.05) is 47.9 Å². The van der Waals surface area contributed by atoms with Crippen LogP contribution in [0.25, 0.3) is 0 Å². The van der Waals surface area contributed by atoms with Crippen LogP contribution >= 0.6 is 11.8 Å². The molecule has 2 aromatic carbocycles. The van der Waals surface area contributed by atoms with Gasteiger partial charge in [-0.3, -0.25) is 14.5 Å². The molecule has 1 fully saturated rings. The Hall–Kier alpha value is -4.03. The van der Waals surface area contributed by atoms with Crippen LogP contribution in [0.1, 0.15) is 50.2 Å². The fourth-order valence-corrected chi connectivity index (χ4v) is 5.96. The fraction of sp³-hybridized carbons (Fsp3) is 0.419. The van der Waals surface area contributed by atoms with Gasteiger partial charge in [0.15, 0.2) is 0 Å². The molecule has 8 nitrogen and oxygen atoms in total. The molecule has 1 N–H and O–H groups in total. The molecule has 0 aliphatic carbocycles. The number of nitrogens with zero attached hydrogens (tertiary/aromatic N) is 4. The van der Waals surface area contributed by atoms with Crippen molar-refractivity contribution in [2.24, 2.45) is 0 Å². The molecule has 2 aromatic rings. The van der Waals surface area contributed by atoms with E-state index in [1.54, 1.807) is 4.90 Å². The number of hydrogen-bond donors (Lipinski definition) is 1. The topological polar surface area (TPSA) is 96.8 Å². The number of nitriles is 1. The second kappa shape index (κ2) is 14.6. The number of hydrogen-bond acceptors (Lipinski definition) is 6. The highest BCUT2D eigenvalue weighted by Gasteiger charge is 2.39. The van der Waals surface area contributed by atoms with Crippen molar-refractivity contribution >= 4 is 41.0 Å². The van der Waals surface area contributed by atoms with Gasteiger partial charge in [0.05, 0.1) is 22.9 Å². The number of halogens is 6. The Morgan fingerprint density at radius 2 is 1.63 bits per heavy atom. The van der Waals surface area contributed by atoms with Crippen molar-refractivity contribution in [3.8, 4) is 6.07 Å². The van der Waals surface area contributed by atoms with Gasteiger partial charge in [-0.25, -0.2) is 9.69 Å². The molecule has 2 aliphatic heterocycles. The van der Waals surface area contributed by atoms with Crippen molar-refractivity contribution in [1.82, 2.24) is 9.80 Å². The van der Waals surface area contributed by atoms with E-state index in [9.17, 15) is 40.7 Å². The minimum atomic E-state index is -4.82. The SMILES string of the molecule is CC1=C(CCCCCCN2CCN(C(=O)Nc3cccc(SC(F)(F)F)c3)CC2)C(=O)N(c2ccc(C#N)c(C(F)(F)F)c2)C1=O. The minimum Gasteiger partial charge on any atom is -0.322 e. The Bertz CT molecular complexity index is 1540. The van der Waals surface area contributed by atoms with Gasteiger partial charge in [-0.15, -0.1) is 0 Å². The maximum absolute atomic E-state index is 13.4. The molecule has 2 heterocycles. The van der Waals surface area contributed by atoms with E-state index in [0.29, 0.717) is 45.1 Å². The average Bonchev–Trinajstić information content (AvgIpc) is 3.20. The van der Waals surface area contributed by atoms with Crippen LogP contribution in [-0.4, -0.2) is 65.9 Å². The van der Waals surface area contributed by atoms with Gasteiger partial charge in [0.1, 0.15) is 0 Å². The summed E-state index contributed by atoms with van der Waals surface area (Å²) in [6.45, 7) is 4.48. The lowest BCUT2D eigenvalue weighted by Gasteiger charge is -2.34. The molecule has 0 saturated carbocycles. The number of nitrogens with one attached hydrogen (secondary N) is 1. The number of thioether (sulfide) groups is 1. The van der Waals surface area contributed by atoms with Crippen LogP contribution in [-0.2, 0) is 15.8 Å². The Kier molecular flexibility index (Phi) is 11.1. The summed E-state index contributed by atoms with van der Waals surface area (Å²) in [5.41, 5.74) is -5.72. The zero-order chi connectivity index (χ0) is 33.6. The second-order valence-corrected chi connectivity index (χ2v) is 12.0. The molecule has 15 heteroatoms. The first kappa shape index (κ1) is 34.8. The van der Waals surface area contributed by atoms with E-state index < -0.39 is 34.6 Å². The Morgan fingerprint density at radius 1 is 0.935 bits per heavy atom. The summed E-state index contributed by atoms with van der Waals surface area (Å²) in [7, 11) is 0. The van der Waals surface area contributed by atoms with Gasteiger partial charge in [-0.05, 0) is 80.9 Å². The largest absolute Gasteiger partial charge is 0.446 e. The lowest BCUT2D eigenvalue weighted by atomic mass is 10.0. The normalized spacial score (nSPS) is 16.3. The maximum Gasteiger partial charge on any atom is 0.446 e. The van der Waals surface area contributed by atoms with Crippen molar-refractivity contribution in [3.05, 3.63) is 64.7 Å². The molecule has 0 unspecified atom stereocenters. The summed E-state index contributed by atoms with van der Waals surface area (Å²) in [6.07, 6.45) is -1.44. The molecule has 0 aromatic heterocycles. The highest BCUT2D eigenvalue weighted by molar-refractivity contribution is 8.00. The van der Waals surface area contributed by atoms with Crippen molar-refractivity contribution in [2.45, 2.75) is 55.6 Å². The van der Waals surface area contributed by atoms with E-state index in [2.05, 4.69) is 10.2 Å². The van der Waals surface area contributed by atoms with E-state index in [4.69, 9.17) is 5.26 Å². The highest BCUT2D eigenvalue weighted by atomic mass is 32.2. The van der Waals surface area contributed by atoms with Crippen molar-refractivity contribution in [2.75, 3.05) is 42.9 Å². The summed E-state index contributed by atoms with van der Waals surface area (Å²) in [5, 5.41) is 11.7. The molecule has 246 valence electrons. The number of piperazine rings is 1. The van der Waals surface area contributed by atoms with Crippen LogP contribution in [0.5, 0.6) is 0 Å². The number of unbranched alkanes of at least 4 members (excludes halogenated alkanes) is 3. The van der Waals surface area contributed by atoms with Crippen molar-refractivity contribution < 1.29 is 40.7 Å². The molecule has 4 amide bonds. The number of benzene rings is 2. The summed E-state index contributed by atoms with van der Waals surface area (Å²) >= 11 is -0.246. The maximum atomic E-state index is 13.4. The van der Waals surface area contributed by atoms with E-state index in [-0.39, 0.29) is 45.2 Å². The molecule has 2 aliphatic rings. The van der Waals surface area contributed by atoms with Gasteiger partial charge < -0.3 is 10.2 Å². The van der Waals surface area contributed by atoms with Gasteiger partial charge in [-0.1, -0.05) is 18.9 Å². The lowest BCUT2D eigenvalue weighted by Crippen LogP contribution is -2.50. The molecular weight excluding hydrogens is 636 g/mol. The van der Waals surface area contributed by atoms with Gasteiger partial charge in [0.25, 0.3) is 11.8 Å². The molecule has 0 radical (unpaired) electrons. The van der Waals surface area contributed by atoms with Crippen LogP contribution in [0.15, 0.2) is 58.5 Å². The third-order valence-electron chi connectivity index (χ3n) is 7.75. The molecule has 0 spiro atoms. The van der Waals surface area contributed by atoms with Crippen molar-refractivity contribution in [1.29, 1.82) is 5.26 Å². The molecule has 46 heavy (non-hydrogen) atoms. The average molecular weight is 668 g/mol. The molecular formula is C31H31F6N5O3S. The smallest absolute Gasteiger partial charge is 0.322 e. The molecule has 0 atom stereocenters. The summed E-state index contributed by atoms with van der Waals surface area (Å²) in [5.74, 6) is -1.34. The third kappa shape index (κ3) is 8.82. The van der Waals surface area contributed by atoms with E-state index in [1.807, 2.05) is 0 Å². The Balaban J connectivity index is 1.17. The van der Waals surface area contributed by atoms with Crippen LogP contribution in [0.4, 0.5) is 42.5 Å². The van der Waals surface area contributed by atoms with E-state index in [1.165, 1.54) is 37.3 Å². The van der Waals surface area contributed by atoms with E-state index in [0.717, 1.165) is 42.8 Å². The first-order valence-electron chi connectivity index (χ1n) is 14.5. The van der Waals surface area contributed by atoms with E-state index >= 15 is 0 Å². The standard InChI is InChI=1S/C31H31F6N5O3S/c1-20-25(28(44)42(27(20)43)23-11-10-21(19-38)26(18-23)30(32,33)34)9-4-2-3-5-12-40-13-15-41(16-14-40)29(45)39-22-7-6-8-24(17-22)46-31(35,36)37/h6-8,10-11,17-18H,2-5,9,12-16H2,1H3,(H,39,45). The van der Waals surface area contributed by atoms with Crippen molar-refractivity contribution in [3.63, 3.8) is 0 Å². The van der Waals surface area contributed by atoms with Crippen LogP contribution in [0.2, 0.25) is 0 Å². The molecule has 1 saturated heterocycles. The number of anilines is 2. The minimum absolute atomic E-state index is 0.0154. The highest BCUT2D eigenvalue weighted by Crippen LogP contribution is 2.38.